The highest BCUT2D eigenvalue weighted by Gasteiger charge is 2.02. The lowest BCUT2D eigenvalue weighted by Crippen LogP contribution is -1.91. The van der Waals surface area contributed by atoms with Gasteiger partial charge in [-0.1, -0.05) is 12.1 Å². The van der Waals surface area contributed by atoms with Crippen LogP contribution in [0.5, 0.6) is 11.5 Å². The normalized spacial score (nSPS) is 12.2. The van der Waals surface area contributed by atoms with Crippen molar-refractivity contribution in [3.8, 4) is 11.5 Å². The predicted molar refractivity (Wildman–Crippen MR) is 69.1 cm³/mol. The van der Waals surface area contributed by atoms with E-state index < -0.39 is 6.10 Å². The highest BCUT2D eigenvalue weighted by atomic mass is 79.9. The van der Waals surface area contributed by atoms with E-state index in [9.17, 15) is 5.11 Å². The largest absolute Gasteiger partial charge is 0.456 e. The predicted octanol–water partition coefficient (Wildman–Crippen LogP) is 3.69. The third-order valence-corrected chi connectivity index (χ3v) is 2.71. The van der Waals surface area contributed by atoms with Gasteiger partial charge in [0.15, 0.2) is 0 Å². The Balaban J connectivity index is 2.14. The summed E-state index contributed by atoms with van der Waals surface area (Å²) in [5.41, 5.74) is 0.865. The van der Waals surface area contributed by atoms with Crippen LogP contribution in [0, 0.1) is 0 Å². The molecular weight excluding hydrogens is 282 g/mol. The molecule has 0 saturated carbocycles. The Labute approximate surface area is 108 Å². The zero-order valence-corrected chi connectivity index (χ0v) is 10.9. The third-order valence-electron chi connectivity index (χ3n) is 2.28. The Hall–Kier alpha value is -1.39. The molecule has 0 spiro atoms. The molecule has 2 rings (SSSR count). The van der Waals surface area contributed by atoms with Crippen molar-refractivity contribution in [1.82, 2.24) is 4.98 Å². The molecule has 88 valence electrons. The lowest BCUT2D eigenvalue weighted by Gasteiger charge is -2.08. The van der Waals surface area contributed by atoms with Gasteiger partial charge in [0, 0.05) is 10.7 Å². The second-order valence-corrected chi connectivity index (χ2v) is 4.60. The van der Waals surface area contributed by atoms with Crippen LogP contribution < -0.4 is 4.74 Å². The molecule has 1 aromatic heterocycles. The fraction of sp³-hybridized carbons (Fsp3) is 0.154. The minimum atomic E-state index is -0.461. The number of nitrogens with zero attached hydrogens (tertiary/aromatic N) is 1. The monoisotopic (exact) mass is 293 g/mol. The fourth-order valence-corrected chi connectivity index (χ4v) is 1.74. The summed E-state index contributed by atoms with van der Waals surface area (Å²) >= 11 is 3.33. The van der Waals surface area contributed by atoms with Crippen molar-refractivity contribution in [3.05, 3.63) is 52.8 Å². The van der Waals surface area contributed by atoms with Crippen LogP contribution in [0.4, 0.5) is 0 Å². The lowest BCUT2D eigenvalue weighted by atomic mass is 10.1. The number of halogens is 1. The summed E-state index contributed by atoms with van der Waals surface area (Å²) in [6.45, 7) is 1.73. The second-order valence-electron chi connectivity index (χ2n) is 3.69. The quantitative estimate of drug-likeness (QED) is 0.938. The molecule has 4 heteroatoms. The molecule has 0 unspecified atom stereocenters. The van der Waals surface area contributed by atoms with Crippen LogP contribution in [0.1, 0.15) is 18.6 Å². The van der Waals surface area contributed by atoms with Gasteiger partial charge in [-0.2, -0.15) is 0 Å². The van der Waals surface area contributed by atoms with Gasteiger partial charge in [0.05, 0.1) is 12.3 Å². The molecule has 17 heavy (non-hydrogen) atoms. The van der Waals surface area contributed by atoms with Gasteiger partial charge in [-0.3, -0.25) is 4.98 Å². The fourth-order valence-electron chi connectivity index (χ4n) is 1.40. The molecule has 0 fully saturated rings. The van der Waals surface area contributed by atoms with Crippen molar-refractivity contribution >= 4 is 15.9 Å². The molecule has 0 aliphatic rings. The lowest BCUT2D eigenvalue weighted by molar-refractivity contribution is 0.199. The van der Waals surface area contributed by atoms with Crippen LogP contribution >= 0.6 is 15.9 Å². The van der Waals surface area contributed by atoms with Gasteiger partial charge in [0.25, 0.3) is 0 Å². The van der Waals surface area contributed by atoms with Crippen LogP contribution in [0.25, 0.3) is 0 Å². The smallest absolute Gasteiger partial charge is 0.146 e. The van der Waals surface area contributed by atoms with E-state index >= 15 is 0 Å². The number of ether oxygens (including phenoxy) is 1. The summed E-state index contributed by atoms with van der Waals surface area (Å²) in [4.78, 5) is 4.01. The molecule has 0 saturated heterocycles. The number of pyridine rings is 1. The number of hydrogen-bond acceptors (Lipinski definition) is 3. The van der Waals surface area contributed by atoms with E-state index in [-0.39, 0.29) is 0 Å². The summed E-state index contributed by atoms with van der Waals surface area (Å²) in [5.74, 6) is 1.39. The second kappa shape index (κ2) is 5.29. The molecule has 1 atom stereocenters. The molecule has 1 N–H and O–H groups in total. The zero-order valence-electron chi connectivity index (χ0n) is 9.30. The first-order valence-electron chi connectivity index (χ1n) is 5.21. The molecular formula is C13H12BrNO2. The maximum absolute atomic E-state index is 9.38. The first-order chi connectivity index (χ1) is 8.15. The van der Waals surface area contributed by atoms with Crippen molar-refractivity contribution in [2.45, 2.75) is 13.0 Å². The Bertz CT molecular complexity index is 497. The highest BCUT2D eigenvalue weighted by molar-refractivity contribution is 9.10. The van der Waals surface area contributed by atoms with Crippen LogP contribution in [0.15, 0.2) is 47.2 Å². The van der Waals surface area contributed by atoms with E-state index in [2.05, 4.69) is 20.9 Å². The van der Waals surface area contributed by atoms with Crippen molar-refractivity contribution in [2.75, 3.05) is 0 Å². The molecule has 1 heterocycles. The van der Waals surface area contributed by atoms with Gasteiger partial charge < -0.3 is 9.84 Å². The standard InChI is InChI=1S/C13H12BrNO2/c1-9(16)10-2-4-12(5-3-10)17-13-6-11(14)7-15-8-13/h2-9,16H,1H3/t9-/m1/s1. The number of rotatable bonds is 3. The summed E-state index contributed by atoms with van der Waals surface area (Å²) in [5, 5.41) is 9.38. The van der Waals surface area contributed by atoms with Gasteiger partial charge in [-0.25, -0.2) is 0 Å². The van der Waals surface area contributed by atoms with Crippen molar-refractivity contribution < 1.29 is 9.84 Å². The average molecular weight is 294 g/mol. The van der Waals surface area contributed by atoms with Gasteiger partial charge in [-0.05, 0) is 46.6 Å². The number of hydrogen-bond donors (Lipinski definition) is 1. The maximum atomic E-state index is 9.38. The Morgan fingerprint density at radius 2 is 1.88 bits per heavy atom. The van der Waals surface area contributed by atoms with Crippen LogP contribution in [0.3, 0.4) is 0 Å². The van der Waals surface area contributed by atoms with Gasteiger partial charge in [0.1, 0.15) is 11.5 Å². The third kappa shape index (κ3) is 3.28. The van der Waals surface area contributed by atoms with Crippen LogP contribution in [0.2, 0.25) is 0 Å². The highest BCUT2D eigenvalue weighted by Crippen LogP contribution is 2.24. The van der Waals surface area contributed by atoms with Gasteiger partial charge in [0.2, 0.25) is 0 Å². The molecule has 0 radical (unpaired) electrons. The first-order valence-corrected chi connectivity index (χ1v) is 6.01. The van der Waals surface area contributed by atoms with Crippen LogP contribution in [-0.2, 0) is 0 Å². The van der Waals surface area contributed by atoms with E-state index in [1.54, 1.807) is 19.3 Å². The van der Waals surface area contributed by atoms with Crippen LogP contribution in [-0.4, -0.2) is 10.1 Å². The van der Waals surface area contributed by atoms with E-state index in [1.807, 2.05) is 30.3 Å². The Morgan fingerprint density at radius 1 is 1.18 bits per heavy atom. The SMILES string of the molecule is C[C@@H](O)c1ccc(Oc2cncc(Br)c2)cc1. The Morgan fingerprint density at radius 3 is 2.47 bits per heavy atom. The zero-order chi connectivity index (χ0) is 12.3. The Kier molecular flexibility index (Phi) is 3.76. The van der Waals surface area contributed by atoms with Crippen molar-refractivity contribution in [3.63, 3.8) is 0 Å². The number of aromatic nitrogens is 1. The number of aliphatic hydroxyl groups excluding tert-OH is 1. The molecule has 3 nitrogen and oxygen atoms in total. The van der Waals surface area contributed by atoms with Crippen molar-refractivity contribution in [1.29, 1.82) is 0 Å². The first kappa shape index (κ1) is 12.1. The minimum Gasteiger partial charge on any atom is -0.456 e. The molecule has 0 aliphatic heterocycles. The number of aliphatic hydroxyl groups is 1. The minimum absolute atomic E-state index is 0.461. The van der Waals surface area contributed by atoms with Gasteiger partial charge in [-0.15, -0.1) is 0 Å². The van der Waals surface area contributed by atoms with E-state index in [1.165, 1.54) is 0 Å². The summed E-state index contributed by atoms with van der Waals surface area (Å²) in [6.07, 6.45) is 2.88. The molecule has 0 amide bonds. The summed E-state index contributed by atoms with van der Waals surface area (Å²) in [6, 6.07) is 9.17. The van der Waals surface area contributed by atoms with E-state index in [4.69, 9.17) is 4.74 Å². The molecule has 0 aliphatic carbocycles. The average Bonchev–Trinajstić information content (AvgIpc) is 2.29. The molecule has 0 bridgehead atoms. The van der Waals surface area contributed by atoms with E-state index in [0.29, 0.717) is 11.5 Å². The topological polar surface area (TPSA) is 42.4 Å². The van der Waals surface area contributed by atoms with E-state index in [0.717, 1.165) is 10.0 Å². The maximum Gasteiger partial charge on any atom is 0.146 e. The number of benzene rings is 1. The molecule has 1 aromatic carbocycles. The summed E-state index contributed by atoms with van der Waals surface area (Å²) < 4.78 is 6.49. The van der Waals surface area contributed by atoms with Gasteiger partial charge >= 0.3 is 0 Å². The molecule has 2 aromatic rings. The van der Waals surface area contributed by atoms with Crippen molar-refractivity contribution in [2.24, 2.45) is 0 Å². The summed E-state index contributed by atoms with van der Waals surface area (Å²) in [7, 11) is 0.